The van der Waals surface area contributed by atoms with E-state index >= 15 is 0 Å². The summed E-state index contributed by atoms with van der Waals surface area (Å²) in [6.07, 6.45) is 2.46. The molecule has 0 aromatic carbocycles. The molecule has 1 N–H and O–H groups in total. The van der Waals surface area contributed by atoms with Gasteiger partial charge in [0.15, 0.2) is 0 Å². The summed E-state index contributed by atoms with van der Waals surface area (Å²) in [6, 6.07) is 0.520. The van der Waals surface area contributed by atoms with Crippen molar-refractivity contribution in [3.8, 4) is 0 Å². The van der Waals surface area contributed by atoms with Crippen LogP contribution in [0.15, 0.2) is 0 Å². The number of nitrogens with zero attached hydrogens (tertiary/aromatic N) is 2. The van der Waals surface area contributed by atoms with Crippen molar-refractivity contribution in [2.75, 3.05) is 0 Å². The third kappa shape index (κ3) is 3.84. The Morgan fingerprint density at radius 2 is 1.78 bits per heavy atom. The molecule has 0 aliphatic heterocycles. The Labute approximate surface area is 112 Å². The fourth-order valence-corrected chi connectivity index (χ4v) is 2.27. The first kappa shape index (κ1) is 15.2. The van der Waals surface area contributed by atoms with Gasteiger partial charge in [0, 0.05) is 30.4 Å². The zero-order valence-corrected chi connectivity index (χ0v) is 12.9. The first-order valence-electron chi connectivity index (χ1n) is 7.25. The van der Waals surface area contributed by atoms with Crippen LogP contribution in [0.1, 0.15) is 57.5 Å². The Morgan fingerprint density at radius 3 is 2.28 bits per heavy atom. The molecule has 1 aromatic heterocycles. The second-order valence-corrected chi connectivity index (χ2v) is 5.55. The van der Waals surface area contributed by atoms with Gasteiger partial charge in [0.1, 0.15) is 0 Å². The molecule has 0 amide bonds. The summed E-state index contributed by atoms with van der Waals surface area (Å²) in [6.45, 7) is 15.2. The molecule has 1 heterocycles. The lowest BCUT2D eigenvalue weighted by Gasteiger charge is -2.14. The van der Waals surface area contributed by atoms with Crippen molar-refractivity contribution in [3.63, 3.8) is 0 Å². The fourth-order valence-electron chi connectivity index (χ4n) is 2.27. The quantitative estimate of drug-likeness (QED) is 0.804. The maximum absolute atomic E-state index is 4.70. The van der Waals surface area contributed by atoms with Crippen LogP contribution in [0.3, 0.4) is 0 Å². The van der Waals surface area contributed by atoms with Crippen molar-refractivity contribution >= 4 is 0 Å². The van der Waals surface area contributed by atoms with Crippen LogP contribution in [0.2, 0.25) is 0 Å². The van der Waals surface area contributed by atoms with E-state index < -0.39 is 0 Å². The molecule has 0 aliphatic rings. The van der Waals surface area contributed by atoms with Crippen LogP contribution >= 0.6 is 0 Å². The average Bonchev–Trinajstić information content (AvgIpc) is 2.59. The van der Waals surface area contributed by atoms with Gasteiger partial charge in [-0.05, 0) is 19.8 Å². The van der Waals surface area contributed by atoms with Crippen LogP contribution in [0.25, 0.3) is 0 Å². The van der Waals surface area contributed by atoms with Crippen LogP contribution < -0.4 is 5.32 Å². The average molecular weight is 251 g/mol. The molecule has 104 valence electrons. The Balaban J connectivity index is 2.79. The van der Waals surface area contributed by atoms with Crippen molar-refractivity contribution in [1.82, 2.24) is 15.1 Å². The number of hydrogen-bond acceptors (Lipinski definition) is 2. The van der Waals surface area contributed by atoms with Gasteiger partial charge in [0.2, 0.25) is 0 Å². The van der Waals surface area contributed by atoms with Crippen LogP contribution in [-0.2, 0) is 13.1 Å². The first-order chi connectivity index (χ1) is 8.49. The monoisotopic (exact) mass is 251 g/mol. The largest absolute Gasteiger partial charge is 0.310 e. The molecule has 0 unspecified atom stereocenters. The van der Waals surface area contributed by atoms with Gasteiger partial charge in [-0.1, -0.05) is 40.5 Å². The topological polar surface area (TPSA) is 29.9 Å². The van der Waals surface area contributed by atoms with Crippen molar-refractivity contribution in [2.24, 2.45) is 5.92 Å². The first-order valence-corrected chi connectivity index (χ1v) is 7.25. The zero-order valence-electron chi connectivity index (χ0n) is 12.9. The predicted molar refractivity (Wildman–Crippen MR) is 77.7 cm³/mol. The van der Waals surface area contributed by atoms with Gasteiger partial charge in [-0.15, -0.1) is 0 Å². The van der Waals surface area contributed by atoms with Gasteiger partial charge >= 0.3 is 0 Å². The molecule has 18 heavy (non-hydrogen) atoms. The second-order valence-electron chi connectivity index (χ2n) is 5.55. The molecular weight excluding hydrogens is 222 g/mol. The zero-order chi connectivity index (χ0) is 13.7. The number of rotatable bonds is 7. The minimum Gasteiger partial charge on any atom is -0.310 e. The van der Waals surface area contributed by atoms with Gasteiger partial charge < -0.3 is 5.32 Å². The van der Waals surface area contributed by atoms with Gasteiger partial charge in [-0.2, -0.15) is 5.10 Å². The highest BCUT2D eigenvalue weighted by Crippen LogP contribution is 2.17. The van der Waals surface area contributed by atoms with Crippen LogP contribution in [0.5, 0.6) is 0 Å². The molecule has 1 aromatic rings. The Kier molecular flexibility index (Phi) is 5.86. The maximum atomic E-state index is 4.70. The SMILES string of the molecule is CCC(CC)Cn1nc(C)c(CNC(C)C)c1C. The third-order valence-electron chi connectivity index (χ3n) is 3.80. The Hall–Kier alpha value is -0.830. The lowest BCUT2D eigenvalue weighted by atomic mass is 10.0. The molecule has 3 heteroatoms. The third-order valence-corrected chi connectivity index (χ3v) is 3.80. The molecule has 0 atom stereocenters. The molecule has 0 bridgehead atoms. The standard InChI is InChI=1S/C15H29N3/c1-7-14(8-2)10-18-13(6)15(12(5)17-18)9-16-11(3)4/h11,14,16H,7-10H2,1-6H3. The van der Waals surface area contributed by atoms with Crippen LogP contribution in [0.4, 0.5) is 0 Å². The van der Waals surface area contributed by atoms with Crippen LogP contribution in [-0.4, -0.2) is 15.8 Å². The van der Waals surface area contributed by atoms with Gasteiger partial charge in [0.25, 0.3) is 0 Å². The van der Waals surface area contributed by atoms with E-state index in [2.05, 4.69) is 51.5 Å². The van der Waals surface area contributed by atoms with E-state index in [4.69, 9.17) is 5.10 Å². The lowest BCUT2D eigenvalue weighted by Crippen LogP contribution is -2.22. The van der Waals surface area contributed by atoms with E-state index in [0.717, 1.165) is 19.0 Å². The smallest absolute Gasteiger partial charge is 0.0641 e. The number of aryl methyl sites for hydroxylation is 1. The van der Waals surface area contributed by atoms with Gasteiger partial charge in [-0.3, -0.25) is 4.68 Å². The number of aromatic nitrogens is 2. The normalized spacial score (nSPS) is 11.8. The van der Waals surface area contributed by atoms with Crippen molar-refractivity contribution in [3.05, 3.63) is 17.0 Å². The van der Waals surface area contributed by atoms with Crippen molar-refractivity contribution in [1.29, 1.82) is 0 Å². The van der Waals surface area contributed by atoms with E-state index in [1.165, 1.54) is 29.8 Å². The maximum Gasteiger partial charge on any atom is 0.0641 e. The van der Waals surface area contributed by atoms with Crippen molar-refractivity contribution in [2.45, 2.75) is 73.5 Å². The lowest BCUT2D eigenvalue weighted by molar-refractivity contribution is 0.390. The van der Waals surface area contributed by atoms with Crippen LogP contribution in [0, 0.1) is 19.8 Å². The summed E-state index contributed by atoms with van der Waals surface area (Å²) < 4.78 is 2.20. The molecule has 0 saturated heterocycles. The summed E-state index contributed by atoms with van der Waals surface area (Å²) >= 11 is 0. The predicted octanol–water partition coefficient (Wildman–Crippen LogP) is 3.43. The number of nitrogens with one attached hydrogen (secondary N) is 1. The summed E-state index contributed by atoms with van der Waals surface area (Å²) in [5, 5.41) is 8.19. The molecule has 0 radical (unpaired) electrons. The molecule has 0 saturated carbocycles. The van der Waals surface area contributed by atoms with Gasteiger partial charge in [-0.25, -0.2) is 0 Å². The van der Waals surface area contributed by atoms with E-state index in [0.29, 0.717) is 6.04 Å². The highest BCUT2D eigenvalue weighted by Gasteiger charge is 2.14. The second kappa shape index (κ2) is 6.93. The Morgan fingerprint density at radius 1 is 1.17 bits per heavy atom. The fraction of sp³-hybridized carbons (Fsp3) is 0.800. The van der Waals surface area contributed by atoms with E-state index in [9.17, 15) is 0 Å². The van der Waals surface area contributed by atoms with Gasteiger partial charge in [0.05, 0.1) is 5.69 Å². The molecule has 0 fully saturated rings. The molecule has 0 spiro atoms. The summed E-state index contributed by atoms with van der Waals surface area (Å²) in [7, 11) is 0. The summed E-state index contributed by atoms with van der Waals surface area (Å²) in [5.74, 6) is 0.744. The number of hydrogen-bond donors (Lipinski definition) is 1. The van der Waals surface area contributed by atoms with E-state index in [1.54, 1.807) is 0 Å². The molecular formula is C15H29N3. The van der Waals surface area contributed by atoms with E-state index in [-0.39, 0.29) is 0 Å². The Bertz CT molecular complexity index is 362. The highest BCUT2D eigenvalue weighted by molar-refractivity contribution is 5.24. The minimum atomic E-state index is 0.520. The molecule has 0 aliphatic carbocycles. The summed E-state index contributed by atoms with van der Waals surface area (Å²) in [5.41, 5.74) is 3.87. The minimum absolute atomic E-state index is 0.520. The van der Waals surface area contributed by atoms with E-state index in [1.807, 2.05) is 0 Å². The highest BCUT2D eigenvalue weighted by atomic mass is 15.3. The van der Waals surface area contributed by atoms with Crippen molar-refractivity contribution < 1.29 is 0 Å². The summed E-state index contributed by atoms with van der Waals surface area (Å²) in [4.78, 5) is 0. The molecule has 1 rings (SSSR count). The molecule has 3 nitrogen and oxygen atoms in total.